The summed E-state index contributed by atoms with van der Waals surface area (Å²) in [6.45, 7) is 3.33. The van der Waals surface area contributed by atoms with Gasteiger partial charge in [-0.3, -0.25) is 9.59 Å². The van der Waals surface area contributed by atoms with E-state index in [-0.39, 0.29) is 17.0 Å². The molecule has 4 atom stereocenters. The Kier molecular flexibility index (Phi) is 9.48. The molecule has 2 saturated carbocycles. The van der Waals surface area contributed by atoms with E-state index in [2.05, 4.69) is 10.6 Å². The number of alkyl halides is 5. The molecule has 2 aromatic rings. The summed E-state index contributed by atoms with van der Waals surface area (Å²) < 4.78 is 85.2. The van der Waals surface area contributed by atoms with Crippen molar-refractivity contribution in [2.45, 2.75) is 70.2 Å². The molecule has 2 amide bonds. The number of aryl methyl sites for hydroxylation is 1. The summed E-state index contributed by atoms with van der Waals surface area (Å²) in [5, 5.41) is 15.4. The largest absolute Gasteiger partial charge is 0.496 e. The molecule has 12 heteroatoms. The van der Waals surface area contributed by atoms with Gasteiger partial charge in [0.25, 0.3) is 5.91 Å². The third-order valence-corrected chi connectivity index (χ3v) is 8.10. The molecule has 0 radical (unpaired) electrons. The molecule has 0 spiro atoms. The minimum absolute atomic E-state index is 0.171. The SMILES string of the molecule is COc1ccc(CCC(C)(C)O)cc1C(=O)NC1C2CCC(/C2=C/CC(F)F)C1C(=O)Nc1ccc(F)c(C(F)(F)F)c1. The zero-order valence-corrected chi connectivity index (χ0v) is 23.9. The summed E-state index contributed by atoms with van der Waals surface area (Å²) in [7, 11) is 1.39. The average molecular weight is 613 g/mol. The number of hydrogen-bond donors (Lipinski definition) is 3. The number of nitrogens with one attached hydrogen (secondary N) is 2. The molecule has 0 aromatic heterocycles. The van der Waals surface area contributed by atoms with Gasteiger partial charge in [0.05, 0.1) is 29.8 Å². The molecule has 2 aliphatic carbocycles. The number of fused-ring (bicyclic) bond motifs is 2. The van der Waals surface area contributed by atoms with Crippen LogP contribution in [0.1, 0.15) is 61.0 Å². The second kappa shape index (κ2) is 12.6. The highest BCUT2D eigenvalue weighted by Crippen LogP contribution is 2.53. The van der Waals surface area contributed by atoms with E-state index in [9.17, 15) is 41.0 Å². The van der Waals surface area contributed by atoms with Crippen molar-refractivity contribution in [1.82, 2.24) is 5.32 Å². The smallest absolute Gasteiger partial charge is 0.419 e. The Labute approximate surface area is 245 Å². The normalized spacial score (nSPS) is 22.7. The summed E-state index contributed by atoms with van der Waals surface area (Å²) >= 11 is 0. The fourth-order valence-electron chi connectivity index (χ4n) is 6.12. The minimum atomic E-state index is -4.99. The number of halogens is 6. The van der Waals surface area contributed by atoms with Gasteiger partial charge in [0.15, 0.2) is 0 Å². The summed E-state index contributed by atoms with van der Waals surface area (Å²) in [6, 6.07) is 6.24. The van der Waals surface area contributed by atoms with E-state index in [0.717, 1.165) is 11.6 Å². The molecule has 2 fully saturated rings. The number of benzene rings is 2. The van der Waals surface area contributed by atoms with Gasteiger partial charge in [-0.1, -0.05) is 17.7 Å². The van der Waals surface area contributed by atoms with E-state index in [0.29, 0.717) is 43.4 Å². The molecule has 0 aliphatic heterocycles. The van der Waals surface area contributed by atoms with Crippen molar-refractivity contribution in [2.75, 3.05) is 12.4 Å². The number of allylic oxidation sites excluding steroid dienone is 1. The van der Waals surface area contributed by atoms with Crippen LogP contribution < -0.4 is 15.4 Å². The van der Waals surface area contributed by atoms with Gasteiger partial charge in [-0.2, -0.15) is 13.2 Å². The second-order valence-corrected chi connectivity index (χ2v) is 11.7. The fourth-order valence-corrected chi connectivity index (χ4v) is 6.12. The number of carbonyl (C=O) groups is 2. The maximum absolute atomic E-state index is 13.8. The van der Waals surface area contributed by atoms with Crippen LogP contribution in [0, 0.1) is 23.6 Å². The highest BCUT2D eigenvalue weighted by molar-refractivity contribution is 5.99. The molecule has 2 aromatic carbocycles. The maximum Gasteiger partial charge on any atom is 0.419 e. The Hall–Kier alpha value is -3.54. The Morgan fingerprint density at radius 1 is 1.09 bits per heavy atom. The quantitative estimate of drug-likeness (QED) is 0.210. The Bertz CT molecular complexity index is 1390. The lowest BCUT2D eigenvalue weighted by Crippen LogP contribution is -2.48. The minimum Gasteiger partial charge on any atom is -0.496 e. The molecule has 234 valence electrons. The predicted octanol–water partition coefficient (Wildman–Crippen LogP) is 6.53. The number of hydrogen-bond acceptors (Lipinski definition) is 4. The van der Waals surface area contributed by atoms with Gasteiger partial charge in [-0.05, 0) is 81.3 Å². The van der Waals surface area contributed by atoms with Gasteiger partial charge in [0.1, 0.15) is 11.6 Å². The number of carbonyl (C=O) groups excluding carboxylic acids is 2. The van der Waals surface area contributed by atoms with Crippen LogP contribution in [0.25, 0.3) is 0 Å². The van der Waals surface area contributed by atoms with E-state index in [1.54, 1.807) is 32.0 Å². The molecular weight excluding hydrogens is 578 g/mol. The number of amides is 2. The topological polar surface area (TPSA) is 87.7 Å². The molecule has 3 N–H and O–H groups in total. The monoisotopic (exact) mass is 612 g/mol. The number of aliphatic hydroxyl groups is 1. The van der Waals surface area contributed by atoms with Crippen LogP contribution >= 0.6 is 0 Å². The molecule has 43 heavy (non-hydrogen) atoms. The first kappa shape index (κ1) is 32.4. The van der Waals surface area contributed by atoms with Crippen LogP contribution in [0.15, 0.2) is 48.0 Å². The first-order valence-electron chi connectivity index (χ1n) is 13.9. The molecule has 0 saturated heterocycles. The molecule has 4 unspecified atom stereocenters. The lowest BCUT2D eigenvalue weighted by molar-refractivity contribution is -0.140. The van der Waals surface area contributed by atoms with Crippen molar-refractivity contribution in [1.29, 1.82) is 0 Å². The number of rotatable bonds is 10. The number of ether oxygens (including phenoxy) is 1. The number of methoxy groups -OCH3 is 1. The van der Waals surface area contributed by atoms with Crippen LogP contribution in [0.2, 0.25) is 0 Å². The summed E-state index contributed by atoms with van der Waals surface area (Å²) in [4.78, 5) is 27.2. The average Bonchev–Trinajstić information content (AvgIpc) is 3.45. The first-order valence-corrected chi connectivity index (χ1v) is 13.9. The van der Waals surface area contributed by atoms with E-state index >= 15 is 0 Å². The van der Waals surface area contributed by atoms with Crippen LogP contribution in [-0.2, 0) is 17.4 Å². The van der Waals surface area contributed by atoms with Gasteiger partial charge in [-0.25, -0.2) is 13.2 Å². The standard InChI is InChI=1S/C31H34F6N2O4/c1-30(2,42)13-12-16-4-10-24(43-3)21(14-16)28(40)39-27-20-7-6-19(18(20)8-11-25(33)34)26(27)29(41)38-17-5-9-23(32)22(15-17)31(35,36)37/h4-5,8-10,14-15,19-20,25-27,42H,6-7,11-13H2,1-3H3,(H,38,41)(H,39,40)/b18-8-. The molecule has 4 rings (SSSR count). The van der Waals surface area contributed by atoms with Crippen molar-refractivity contribution in [3.8, 4) is 5.75 Å². The fraction of sp³-hybridized carbons (Fsp3) is 0.484. The first-order chi connectivity index (χ1) is 20.1. The zero-order valence-electron chi connectivity index (χ0n) is 23.9. The van der Waals surface area contributed by atoms with Crippen LogP contribution in [0.5, 0.6) is 5.75 Å². The van der Waals surface area contributed by atoms with Gasteiger partial charge in [0.2, 0.25) is 12.3 Å². The molecule has 6 nitrogen and oxygen atoms in total. The highest BCUT2D eigenvalue weighted by atomic mass is 19.4. The van der Waals surface area contributed by atoms with Crippen LogP contribution in [-0.4, -0.2) is 42.1 Å². The zero-order chi connectivity index (χ0) is 31.7. The molecule has 0 heterocycles. The highest BCUT2D eigenvalue weighted by Gasteiger charge is 2.54. The third-order valence-electron chi connectivity index (χ3n) is 8.10. The van der Waals surface area contributed by atoms with Gasteiger partial charge in [0, 0.05) is 24.1 Å². The number of anilines is 1. The lowest BCUT2D eigenvalue weighted by Gasteiger charge is -2.30. The second-order valence-electron chi connectivity index (χ2n) is 11.7. The van der Waals surface area contributed by atoms with Crippen molar-refractivity contribution < 1.29 is 45.8 Å². The Morgan fingerprint density at radius 3 is 2.42 bits per heavy atom. The van der Waals surface area contributed by atoms with Crippen molar-refractivity contribution >= 4 is 17.5 Å². The Balaban J connectivity index is 1.64. The summed E-state index contributed by atoms with van der Waals surface area (Å²) in [5.74, 6) is -4.46. The maximum atomic E-state index is 13.8. The van der Waals surface area contributed by atoms with Crippen LogP contribution in [0.4, 0.5) is 32.0 Å². The molecule has 2 bridgehead atoms. The van der Waals surface area contributed by atoms with Gasteiger partial charge < -0.3 is 20.5 Å². The molecular formula is C31H34F6N2O4. The van der Waals surface area contributed by atoms with Crippen molar-refractivity contribution in [3.05, 3.63) is 70.6 Å². The summed E-state index contributed by atoms with van der Waals surface area (Å²) in [5.41, 5.74) is -1.23. The summed E-state index contributed by atoms with van der Waals surface area (Å²) in [6.07, 6.45) is -4.89. The van der Waals surface area contributed by atoms with E-state index in [1.807, 2.05) is 0 Å². The van der Waals surface area contributed by atoms with Gasteiger partial charge in [-0.15, -0.1) is 0 Å². The van der Waals surface area contributed by atoms with Crippen LogP contribution in [0.3, 0.4) is 0 Å². The van der Waals surface area contributed by atoms with E-state index in [4.69, 9.17) is 4.74 Å². The van der Waals surface area contributed by atoms with Gasteiger partial charge >= 0.3 is 6.18 Å². The molecule has 2 aliphatic rings. The van der Waals surface area contributed by atoms with E-state index in [1.165, 1.54) is 13.2 Å². The van der Waals surface area contributed by atoms with Crippen molar-refractivity contribution in [2.24, 2.45) is 17.8 Å². The predicted molar refractivity (Wildman–Crippen MR) is 147 cm³/mol. The van der Waals surface area contributed by atoms with E-state index < -0.39 is 71.6 Å². The Morgan fingerprint density at radius 2 is 1.79 bits per heavy atom. The van der Waals surface area contributed by atoms with Crippen molar-refractivity contribution in [3.63, 3.8) is 0 Å². The third kappa shape index (κ3) is 7.52. The lowest BCUT2D eigenvalue weighted by atomic mass is 9.83.